The second kappa shape index (κ2) is 5.46. The third-order valence-electron chi connectivity index (χ3n) is 4.71. The lowest BCUT2D eigenvalue weighted by molar-refractivity contribution is 0.0867. The highest BCUT2D eigenvalue weighted by Gasteiger charge is 2.28. The van der Waals surface area contributed by atoms with E-state index in [0.29, 0.717) is 11.7 Å². The molecular weight excluding hydrogens is 234 g/mol. The number of nitrogens with one attached hydrogen (secondary N) is 1. The predicted molar refractivity (Wildman–Crippen MR) is 77.3 cm³/mol. The molecule has 0 saturated heterocycles. The number of fused-ring (bicyclic) bond motifs is 1. The maximum absolute atomic E-state index is 12.8. The monoisotopic (exact) mass is 257 g/mol. The Kier molecular flexibility index (Phi) is 3.69. The summed E-state index contributed by atoms with van der Waals surface area (Å²) in [6, 6.07) is 6.25. The zero-order chi connectivity index (χ0) is 13.2. The van der Waals surface area contributed by atoms with Crippen LogP contribution in [0.3, 0.4) is 0 Å². The van der Waals surface area contributed by atoms with E-state index >= 15 is 0 Å². The molecule has 0 bridgehead atoms. The standard InChI is InChI=1S/C17H23NO/c1-12-4-2-5-13(10-12)17(19)16-7-3-6-14-11-18-9-8-15(14)16/h3,6-7,12-13,18H,2,4-5,8-11H2,1H3. The third kappa shape index (κ3) is 2.59. The molecule has 1 aromatic carbocycles. The zero-order valence-corrected chi connectivity index (χ0v) is 11.7. The molecule has 0 radical (unpaired) electrons. The number of hydrogen-bond donors (Lipinski definition) is 1. The number of carbonyl (C=O) groups is 1. The summed E-state index contributed by atoms with van der Waals surface area (Å²) < 4.78 is 0. The van der Waals surface area contributed by atoms with Crippen molar-refractivity contribution in [2.45, 2.75) is 45.6 Å². The first kappa shape index (κ1) is 12.9. The molecule has 2 atom stereocenters. The minimum Gasteiger partial charge on any atom is -0.312 e. The van der Waals surface area contributed by atoms with Crippen LogP contribution in [0.2, 0.25) is 0 Å². The van der Waals surface area contributed by atoms with E-state index in [4.69, 9.17) is 0 Å². The summed E-state index contributed by atoms with van der Waals surface area (Å²) in [4.78, 5) is 12.8. The fraction of sp³-hybridized carbons (Fsp3) is 0.588. The lowest BCUT2D eigenvalue weighted by Crippen LogP contribution is -2.28. The van der Waals surface area contributed by atoms with Crippen molar-refractivity contribution in [1.82, 2.24) is 5.32 Å². The highest BCUT2D eigenvalue weighted by molar-refractivity contribution is 5.99. The first-order valence-electron chi connectivity index (χ1n) is 7.61. The zero-order valence-electron chi connectivity index (χ0n) is 11.7. The Balaban J connectivity index is 1.87. The topological polar surface area (TPSA) is 29.1 Å². The van der Waals surface area contributed by atoms with Gasteiger partial charge in [0.15, 0.2) is 5.78 Å². The number of benzene rings is 1. The molecule has 2 nitrogen and oxygen atoms in total. The Morgan fingerprint density at radius 2 is 2.21 bits per heavy atom. The van der Waals surface area contributed by atoms with Crippen LogP contribution in [0.5, 0.6) is 0 Å². The molecule has 1 aliphatic carbocycles. The van der Waals surface area contributed by atoms with Crippen LogP contribution in [0, 0.1) is 11.8 Å². The second-order valence-corrected chi connectivity index (χ2v) is 6.20. The molecule has 1 heterocycles. The van der Waals surface area contributed by atoms with Gasteiger partial charge in [0.25, 0.3) is 0 Å². The summed E-state index contributed by atoms with van der Waals surface area (Å²) in [6.07, 6.45) is 5.68. The molecule has 2 unspecified atom stereocenters. The molecular formula is C17H23NO. The normalized spacial score (nSPS) is 26.8. The van der Waals surface area contributed by atoms with E-state index in [2.05, 4.69) is 18.3 Å². The summed E-state index contributed by atoms with van der Waals surface area (Å²) in [7, 11) is 0. The van der Waals surface area contributed by atoms with E-state index in [-0.39, 0.29) is 5.92 Å². The van der Waals surface area contributed by atoms with Crippen LogP contribution in [0.25, 0.3) is 0 Å². The van der Waals surface area contributed by atoms with Crippen LogP contribution in [-0.2, 0) is 13.0 Å². The van der Waals surface area contributed by atoms with Gasteiger partial charge in [-0.3, -0.25) is 4.79 Å². The predicted octanol–water partition coefficient (Wildman–Crippen LogP) is 3.34. The molecule has 0 amide bonds. The Bertz CT molecular complexity index is 480. The molecule has 0 spiro atoms. The van der Waals surface area contributed by atoms with Crippen molar-refractivity contribution >= 4 is 5.78 Å². The van der Waals surface area contributed by atoms with Crippen LogP contribution in [-0.4, -0.2) is 12.3 Å². The number of hydrogen-bond acceptors (Lipinski definition) is 2. The van der Waals surface area contributed by atoms with Crippen LogP contribution in [0.1, 0.15) is 54.1 Å². The fourth-order valence-electron chi connectivity index (χ4n) is 3.65. The molecule has 1 aromatic rings. The SMILES string of the molecule is CC1CCCC(C(=O)c2cccc3c2CCNC3)C1. The smallest absolute Gasteiger partial charge is 0.166 e. The molecule has 0 aromatic heterocycles. The summed E-state index contributed by atoms with van der Waals surface area (Å²) in [5.41, 5.74) is 3.64. The maximum Gasteiger partial charge on any atom is 0.166 e. The van der Waals surface area contributed by atoms with Crippen LogP contribution in [0.15, 0.2) is 18.2 Å². The van der Waals surface area contributed by atoms with Gasteiger partial charge in [-0.15, -0.1) is 0 Å². The Hall–Kier alpha value is -1.15. The number of Topliss-reactive ketones (excluding diaryl/α,β-unsaturated/α-hetero) is 1. The van der Waals surface area contributed by atoms with Gasteiger partial charge in [0.05, 0.1) is 0 Å². The van der Waals surface area contributed by atoms with Crippen molar-refractivity contribution in [2.24, 2.45) is 11.8 Å². The van der Waals surface area contributed by atoms with Gasteiger partial charge < -0.3 is 5.32 Å². The second-order valence-electron chi connectivity index (χ2n) is 6.20. The molecule has 1 aliphatic heterocycles. The van der Waals surface area contributed by atoms with Gasteiger partial charge in [-0.2, -0.15) is 0 Å². The first-order chi connectivity index (χ1) is 9.25. The largest absolute Gasteiger partial charge is 0.312 e. The quantitative estimate of drug-likeness (QED) is 0.823. The lowest BCUT2D eigenvalue weighted by atomic mass is 9.77. The van der Waals surface area contributed by atoms with Crippen molar-refractivity contribution in [2.75, 3.05) is 6.54 Å². The van der Waals surface area contributed by atoms with Crippen molar-refractivity contribution in [3.8, 4) is 0 Å². The lowest BCUT2D eigenvalue weighted by Gasteiger charge is -2.27. The molecule has 2 aliphatic rings. The molecule has 1 N–H and O–H groups in total. The molecule has 19 heavy (non-hydrogen) atoms. The molecule has 3 rings (SSSR count). The summed E-state index contributed by atoms with van der Waals surface area (Å²) >= 11 is 0. The number of rotatable bonds is 2. The number of ketones is 1. The van der Waals surface area contributed by atoms with E-state index < -0.39 is 0 Å². The molecule has 1 fully saturated rings. The van der Waals surface area contributed by atoms with E-state index in [1.165, 1.54) is 24.0 Å². The summed E-state index contributed by atoms with van der Waals surface area (Å²) in [6.45, 7) is 4.19. The summed E-state index contributed by atoms with van der Waals surface area (Å²) in [5.74, 6) is 1.39. The van der Waals surface area contributed by atoms with Crippen molar-refractivity contribution in [3.05, 3.63) is 34.9 Å². The van der Waals surface area contributed by atoms with Crippen LogP contribution < -0.4 is 5.32 Å². The highest BCUT2D eigenvalue weighted by Crippen LogP contribution is 2.32. The van der Waals surface area contributed by atoms with Gasteiger partial charge in [-0.1, -0.05) is 38.0 Å². The third-order valence-corrected chi connectivity index (χ3v) is 4.71. The van der Waals surface area contributed by atoms with Crippen molar-refractivity contribution in [1.29, 1.82) is 0 Å². The molecule has 2 heteroatoms. The van der Waals surface area contributed by atoms with Gasteiger partial charge in [-0.25, -0.2) is 0 Å². The molecule has 1 saturated carbocycles. The van der Waals surface area contributed by atoms with E-state index in [1.54, 1.807) is 0 Å². The van der Waals surface area contributed by atoms with Crippen LogP contribution >= 0.6 is 0 Å². The van der Waals surface area contributed by atoms with Gasteiger partial charge >= 0.3 is 0 Å². The average molecular weight is 257 g/mol. The first-order valence-corrected chi connectivity index (χ1v) is 7.61. The van der Waals surface area contributed by atoms with E-state index in [9.17, 15) is 4.79 Å². The van der Waals surface area contributed by atoms with Gasteiger partial charge in [0, 0.05) is 18.0 Å². The Morgan fingerprint density at radius 1 is 1.32 bits per heavy atom. The van der Waals surface area contributed by atoms with E-state index in [0.717, 1.165) is 37.9 Å². The average Bonchev–Trinajstić information content (AvgIpc) is 2.46. The fourth-order valence-corrected chi connectivity index (χ4v) is 3.65. The highest BCUT2D eigenvalue weighted by atomic mass is 16.1. The molecule has 102 valence electrons. The van der Waals surface area contributed by atoms with Gasteiger partial charge in [-0.05, 0) is 42.9 Å². The van der Waals surface area contributed by atoms with Crippen molar-refractivity contribution < 1.29 is 4.79 Å². The Morgan fingerprint density at radius 3 is 3.05 bits per heavy atom. The number of carbonyl (C=O) groups excluding carboxylic acids is 1. The van der Waals surface area contributed by atoms with Gasteiger partial charge in [0.2, 0.25) is 0 Å². The minimum atomic E-state index is 0.269. The summed E-state index contributed by atoms with van der Waals surface area (Å²) in [5, 5.41) is 3.38. The van der Waals surface area contributed by atoms with E-state index in [1.807, 2.05) is 12.1 Å². The van der Waals surface area contributed by atoms with Gasteiger partial charge in [0.1, 0.15) is 0 Å². The Labute approximate surface area is 115 Å². The maximum atomic E-state index is 12.8. The van der Waals surface area contributed by atoms with Crippen LogP contribution in [0.4, 0.5) is 0 Å². The van der Waals surface area contributed by atoms with Crippen molar-refractivity contribution in [3.63, 3.8) is 0 Å². The minimum absolute atomic E-state index is 0.269.